The van der Waals surface area contributed by atoms with Gasteiger partial charge >= 0.3 is 0 Å². The molecule has 4 aromatic rings. The molecule has 0 radical (unpaired) electrons. The van der Waals surface area contributed by atoms with Crippen LogP contribution in [-0.4, -0.2) is 28.6 Å². The van der Waals surface area contributed by atoms with E-state index in [-0.39, 0.29) is 5.91 Å². The highest BCUT2D eigenvalue weighted by molar-refractivity contribution is 5.91. The van der Waals surface area contributed by atoms with E-state index in [4.69, 9.17) is 9.72 Å². The summed E-state index contributed by atoms with van der Waals surface area (Å²) >= 11 is 0. The first-order valence-electron chi connectivity index (χ1n) is 14.2. The summed E-state index contributed by atoms with van der Waals surface area (Å²) in [6.45, 7) is 8.76. The van der Waals surface area contributed by atoms with Gasteiger partial charge < -0.3 is 14.6 Å². The molecule has 0 aliphatic heterocycles. The molecular weight excluding hydrogens is 482 g/mol. The third-order valence-electron chi connectivity index (χ3n) is 6.91. The third-order valence-corrected chi connectivity index (χ3v) is 6.91. The van der Waals surface area contributed by atoms with Crippen LogP contribution in [0.15, 0.2) is 78.9 Å². The van der Waals surface area contributed by atoms with Crippen LogP contribution in [0.1, 0.15) is 68.0 Å². The second kappa shape index (κ2) is 14.3. The van der Waals surface area contributed by atoms with Crippen molar-refractivity contribution >= 4 is 23.0 Å². The number of hydrogen-bond donors (Lipinski definition) is 1. The van der Waals surface area contributed by atoms with Gasteiger partial charge in [-0.05, 0) is 73.1 Å². The van der Waals surface area contributed by atoms with Crippen molar-refractivity contribution in [3.05, 3.63) is 101 Å². The van der Waals surface area contributed by atoms with Crippen molar-refractivity contribution in [2.75, 3.05) is 13.2 Å². The van der Waals surface area contributed by atoms with E-state index >= 15 is 0 Å². The van der Waals surface area contributed by atoms with Crippen LogP contribution in [0, 0.1) is 6.92 Å². The molecule has 3 aromatic carbocycles. The Kier molecular flexibility index (Phi) is 10.4. The van der Waals surface area contributed by atoms with Gasteiger partial charge in [-0.2, -0.15) is 0 Å². The van der Waals surface area contributed by atoms with Crippen molar-refractivity contribution in [2.45, 2.75) is 65.3 Å². The summed E-state index contributed by atoms with van der Waals surface area (Å²) in [6, 6.07) is 24.7. The van der Waals surface area contributed by atoms with Crippen LogP contribution in [0.4, 0.5) is 0 Å². The van der Waals surface area contributed by atoms with Crippen LogP contribution in [0.3, 0.4) is 0 Å². The molecule has 1 amide bonds. The minimum Gasteiger partial charge on any atom is -0.493 e. The minimum atomic E-state index is -0.0472. The molecule has 0 unspecified atom stereocenters. The van der Waals surface area contributed by atoms with E-state index in [0.717, 1.165) is 61.3 Å². The fraction of sp³-hybridized carbons (Fsp3) is 0.353. The molecule has 1 N–H and O–H groups in total. The Morgan fingerprint density at radius 1 is 0.974 bits per heavy atom. The van der Waals surface area contributed by atoms with E-state index in [2.05, 4.69) is 67.1 Å². The number of ether oxygens (including phenoxy) is 1. The molecular formula is C34H41N3O2. The monoisotopic (exact) mass is 523 g/mol. The maximum Gasteiger partial charge on any atom is 0.243 e. The molecule has 0 fully saturated rings. The summed E-state index contributed by atoms with van der Waals surface area (Å²) in [6.07, 6.45) is 8.32. The molecule has 39 heavy (non-hydrogen) atoms. The zero-order valence-electron chi connectivity index (χ0n) is 23.5. The quantitative estimate of drug-likeness (QED) is 0.138. The molecule has 1 heterocycles. The van der Waals surface area contributed by atoms with Gasteiger partial charge in [-0.3, -0.25) is 4.79 Å². The number of carbonyl (C=O) groups is 1. The molecule has 0 saturated heterocycles. The summed E-state index contributed by atoms with van der Waals surface area (Å²) < 4.78 is 8.60. The standard InChI is InChI=1S/C34H41N3O2/c1-26(2)29-20-18-27(3)25-32(29)39-24-12-23-37-31-16-10-9-15-30(31)36-33(37)17-8-5-11-22-35-34(38)21-19-28-13-6-4-7-14-28/h4,6-7,9-10,13-16,18-21,25-26H,5,8,11-12,17,22-24H2,1-3H3,(H,35,38)/b21-19+. The molecule has 4 rings (SSSR count). The van der Waals surface area contributed by atoms with Gasteiger partial charge in [0, 0.05) is 25.6 Å². The topological polar surface area (TPSA) is 56.1 Å². The van der Waals surface area contributed by atoms with Gasteiger partial charge in [-0.1, -0.05) is 74.9 Å². The lowest BCUT2D eigenvalue weighted by atomic mass is 10.0. The van der Waals surface area contributed by atoms with Crippen molar-refractivity contribution in [1.82, 2.24) is 14.9 Å². The average Bonchev–Trinajstić information content (AvgIpc) is 3.29. The zero-order valence-corrected chi connectivity index (χ0v) is 23.5. The van der Waals surface area contributed by atoms with E-state index in [1.54, 1.807) is 6.08 Å². The van der Waals surface area contributed by atoms with Gasteiger partial charge in [-0.25, -0.2) is 4.98 Å². The molecule has 1 aromatic heterocycles. The van der Waals surface area contributed by atoms with Crippen LogP contribution in [-0.2, 0) is 17.8 Å². The van der Waals surface area contributed by atoms with E-state index in [1.165, 1.54) is 16.6 Å². The highest BCUT2D eigenvalue weighted by Crippen LogP contribution is 2.27. The Morgan fingerprint density at radius 3 is 2.59 bits per heavy atom. The van der Waals surface area contributed by atoms with E-state index < -0.39 is 0 Å². The molecule has 0 aliphatic carbocycles. The second-order valence-corrected chi connectivity index (χ2v) is 10.4. The van der Waals surface area contributed by atoms with Crippen molar-refractivity contribution < 1.29 is 9.53 Å². The summed E-state index contributed by atoms with van der Waals surface area (Å²) in [5.74, 6) is 2.52. The first-order valence-corrected chi connectivity index (χ1v) is 14.2. The highest BCUT2D eigenvalue weighted by Gasteiger charge is 2.11. The molecule has 5 nitrogen and oxygen atoms in total. The molecule has 0 saturated carbocycles. The Balaban J connectivity index is 1.24. The normalized spacial score (nSPS) is 11.5. The van der Waals surface area contributed by atoms with Crippen molar-refractivity contribution in [3.8, 4) is 5.75 Å². The minimum absolute atomic E-state index is 0.0472. The van der Waals surface area contributed by atoms with Gasteiger partial charge in [0.15, 0.2) is 0 Å². The summed E-state index contributed by atoms with van der Waals surface area (Å²) in [5, 5.41) is 2.99. The number of imidazole rings is 1. The summed E-state index contributed by atoms with van der Waals surface area (Å²) in [4.78, 5) is 17.0. The second-order valence-electron chi connectivity index (χ2n) is 10.4. The van der Waals surface area contributed by atoms with E-state index in [1.807, 2.05) is 42.5 Å². The lowest BCUT2D eigenvalue weighted by Gasteiger charge is -2.15. The van der Waals surface area contributed by atoms with Crippen molar-refractivity contribution in [2.24, 2.45) is 0 Å². The molecule has 0 bridgehead atoms. The average molecular weight is 524 g/mol. The summed E-state index contributed by atoms with van der Waals surface area (Å²) in [5.41, 5.74) is 5.74. The number of carbonyl (C=O) groups excluding carboxylic acids is 1. The molecule has 0 atom stereocenters. The third kappa shape index (κ3) is 8.31. The molecule has 0 spiro atoms. The Bertz CT molecular complexity index is 1370. The SMILES string of the molecule is Cc1ccc(C(C)C)c(OCCCn2c(CCCCCNC(=O)/C=C/c3ccccc3)nc3ccccc32)c1. The number of nitrogens with one attached hydrogen (secondary N) is 1. The number of aryl methyl sites for hydroxylation is 3. The lowest BCUT2D eigenvalue weighted by molar-refractivity contribution is -0.116. The van der Waals surface area contributed by atoms with Crippen LogP contribution >= 0.6 is 0 Å². The molecule has 5 heteroatoms. The van der Waals surface area contributed by atoms with Gasteiger partial charge in [0.2, 0.25) is 5.91 Å². The van der Waals surface area contributed by atoms with Crippen LogP contribution in [0.25, 0.3) is 17.1 Å². The Labute approximate surface area is 232 Å². The fourth-order valence-electron chi connectivity index (χ4n) is 4.81. The predicted molar refractivity (Wildman–Crippen MR) is 161 cm³/mol. The number of aromatic nitrogens is 2. The number of nitrogens with zero attached hydrogens (tertiary/aromatic N) is 2. The highest BCUT2D eigenvalue weighted by atomic mass is 16.5. The van der Waals surface area contributed by atoms with Crippen LogP contribution < -0.4 is 10.1 Å². The van der Waals surface area contributed by atoms with E-state index in [9.17, 15) is 4.79 Å². The largest absolute Gasteiger partial charge is 0.493 e. The maximum absolute atomic E-state index is 12.1. The lowest BCUT2D eigenvalue weighted by Crippen LogP contribution is -2.22. The number of hydrogen-bond acceptors (Lipinski definition) is 3. The first-order chi connectivity index (χ1) is 19.0. The Morgan fingerprint density at radius 2 is 1.77 bits per heavy atom. The number of para-hydroxylation sites is 2. The van der Waals surface area contributed by atoms with E-state index in [0.29, 0.717) is 19.1 Å². The van der Waals surface area contributed by atoms with Crippen LogP contribution in [0.5, 0.6) is 5.75 Å². The van der Waals surface area contributed by atoms with Gasteiger partial charge in [0.25, 0.3) is 0 Å². The smallest absolute Gasteiger partial charge is 0.243 e. The first kappa shape index (κ1) is 28.2. The molecule has 0 aliphatic rings. The van der Waals surface area contributed by atoms with Gasteiger partial charge in [0.05, 0.1) is 17.6 Å². The van der Waals surface area contributed by atoms with Crippen LogP contribution in [0.2, 0.25) is 0 Å². The maximum atomic E-state index is 12.1. The number of benzene rings is 3. The van der Waals surface area contributed by atoms with Gasteiger partial charge in [-0.15, -0.1) is 0 Å². The number of fused-ring (bicyclic) bond motifs is 1. The van der Waals surface area contributed by atoms with Gasteiger partial charge in [0.1, 0.15) is 11.6 Å². The fourth-order valence-corrected chi connectivity index (χ4v) is 4.81. The zero-order chi connectivity index (χ0) is 27.5. The summed E-state index contributed by atoms with van der Waals surface area (Å²) in [7, 11) is 0. The number of rotatable bonds is 14. The predicted octanol–water partition coefficient (Wildman–Crippen LogP) is 7.48. The number of unbranched alkanes of at least 4 members (excludes halogenated alkanes) is 2. The van der Waals surface area contributed by atoms with Crippen molar-refractivity contribution in [3.63, 3.8) is 0 Å². The number of amides is 1. The Hall–Kier alpha value is -3.86. The molecule has 204 valence electrons. The van der Waals surface area contributed by atoms with Crippen molar-refractivity contribution in [1.29, 1.82) is 0 Å².